The summed E-state index contributed by atoms with van der Waals surface area (Å²) >= 11 is 0. The van der Waals surface area contributed by atoms with E-state index >= 15 is 0 Å². The molecule has 0 saturated carbocycles. The van der Waals surface area contributed by atoms with Crippen molar-refractivity contribution >= 4 is 24.5 Å². The predicted octanol–water partition coefficient (Wildman–Crippen LogP) is 2.07. The number of carbonyl (C=O) groups excluding carboxylic acids is 2. The van der Waals surface area contributed by atoms with Gasteiger partial charge in [0.25, 0.3) is 5.91 Å². The third kappa shape index (κ3) is 3.67. The average Bonchev–Trinajstić information content (AvgIpc) is 2.98. The standard InChI is InChI=1S/C20H29BN2O5/c1-12(17(25)26-18(2,3)4)23-11-15-14(16(23)24)9-13(10-22-15)21-27-19(5,6)20(7,8)28-21/h9-10,12H,11H2,1-8H3. The van der Waals surface area contributed by atoms with E-state index < -0.39 is 35.9 Å². The first kappa shape index (κ1) is 20.8. The van der Waals surface area contributed by atoms with Gasteiger partial charge in [0.15, 0.2) is 0 Å². The van der Waals surface area contributed by atoms with Crippen molar-refractivity contribution in [1.82, 2.24) is 9.88 Å². The monoisotopic (exact) mass is 388 g/mol. The number of pyridine rings is 1. The number of aromatic nitrogens is 1. The molecule has 2 aliphatic heterocycles. The van der Waals surface area contributed by atoms with Gasteiger partial charge in [-0.3, -0.25) is 9.78 Å². The minimum absolute atomic E-state index is 0.237. The molecule has 8 heteroatoms. The van der Waals surface area contributed by atoms with E-state index in [1.807, 2.05) is 27.7 Å². The van der Waals surface area contributed by atoms with Crippen LogP contribution < -0.4 is 5.46 Å². The molecule has 1 fully saturated rings. The summed E-state index contributed by atoms with van der Waals surface area (Å²) in [6.07, 6.45) is 1.68. The lowest BCUT2D eigenvalue weighted by molar-refractivity contribution is -0.159. The summed E-state index contributed by atoms with van der Waals surface area (Å²) in [5, 5.41) is 0. The van der Waals surface area contributed by atoms with E-state index in [2.05, 4.69) is 4.98 Å². The first-order chi connectivity index (χ1) is 12.7. The number of rotatable bonds is 3. The zero-order valence-corrected chi connectivity index (χ0v) is 18.0. The molecule has 152 valence electrons. The molecule has 0 spiro atoms. The van der Waals surface area contributed by atoms with Crippen molar-refractivity contribution in [3.63, 3.8) is 0 Å². The van der Waals surface area contributed by atoms with Crippen LogP contribution in [-0.2, 0) is 25.4 Å². The second kappa shape index (κ2) is 6.56. The van der Waals surface area contributed by atoms with Gasteiger partial charge in [-0.25, -0.2) is 4.79 Å². The number of esters is 1. The smallest absolute Gasteiger partial charge is 0.458 e. The molecule has 1 atom stereocenters. The summed E-state index contributed by atoms with van der Waals surface area (Å²) in [5.74, 6) is -0.668. The Hall–Kier alpha value is -1.93. The highest BCUT2D eigenvalue weighted by molar-refractivity contribution is 6.62. The molecule has 3 rings (SSSR count). The van der Waals surface area contributed by atoms with Crippen LogP contribution in [0.2, 0.25) is 0 Å². The van der Waals surface area contributed by atoms with Gasteiger partial charge in [0.1, 0.15) is 11.6 Å². The third-order valence-electron chi connectivity index (χ3n) is 5.54. The van der Waals surface area contributed by atoms with Crippen molar-refractivity contribution in [2.75, 3.05) is 0 Å². The van der Waals surface area contributed by atoms with Gasteiger partial charge in [-0.1, -0.05) is 0 Å². The first-order valence-corrected chi connectivity index (χ1v) is 9.60. The zero-order chi connectivity index (χ0) is 21.1. The maximum absolute atomic E-state index is 12.9. The van der Waals surface area contributed by atoms with Gasteiger partial charge in [-0.2, -0.15) is 0 Å². The van der Waals surface area contributed by atoms with Gasteiger partial charge in [-0.15, -0.1) is 0 Å². The summed E-state index contributed by atoms with van der Waals surface area (Å²) in [6.45, 7) is 15.3. The molecular formula is C20H29BN2O5. The van der Waals surface area contributed by atoms with Crippen molar-refractivity contribution < 1.29 is 23.6 Å². The third-order valence-corrected chi connectivity index (χ3v) is 5.54. The van der Waals surface area contributed by atoms with Crippen LogP contribution in [0.1, 0.15) is 71.4 Å². The topological polar surface area (TPSA) is 78.0 Å². The first-order valence-electron chi connectivity index (χ1n) is 9.60. The summed E-state index contributed by atoms with van der Waals surface area (Å²) < 4.78 is 17.5. The Bertz CT molecular complexity index is 799. The summed E-state index contributed by atoms with van der Waals surface area (Å²) in [5.41, 5.74) is 0.250. The minimum atomic E-state index is -0.693. The molecule has 1 unspecified atom stereocenters. The molecule has 2 aliphatic rings. The molecule has 3 heterocycles. The number of hydrogen-bond acceptors (Lipinski definition) is 6. The molecule has 0 N–H and O–H groups in total. The number of ether oxygens (including phenoxy) is 1. The summed E-state index contributed by atoms with van der Waals surface area (Å²) in [4.78, 5) is 31.2. The summed E-state index contributed by atoms with van der Waals surface area (Å²) in [6, 6.07) is 1.07. The summed E-state index contributed by atoms with van der Waals surface area (Å²) in [7, 11) is -0.590. The van der Waals surface area contributed by atoms with E-state index in [9.17, 15) is 9.59 Å². The Balaban J connectivity index is 1.79. The molecule has 0 bridgehead atoms. The quantitative estimate of drug-likeness (QED) is 0.583. The van der Waals surface area contributed by atoms with Crippen molar-refractivity contribution in [3.05, 3.63) is 23.5 Å². The molecule has 0 aliphatic carbocycles. The van der Waals surface area contributed by atoms with Crippen LogP contribution in [0.4, 0.5) is 0 Å². The van der Waals surface area contributed by atoms with Gasteiger partial charge in [0.05, 0.1) is 29.0 Å². The van der Waals surface area contributed by atoms with E-state index in [1.54, 1.807) is 40.0 Å². The highest BCUT2D eigenvalue weighted by Gasteiger charge is 2.52. The maximum atomic E-state index is 12.9. The second-order valence-electron chi connectivity index (χ2n) is 9.49. The number of hydrogen-bond donors (Lipinski definition) is 0. The second-order valence-corrected chi connectivity index (χ2v) is 9.49. The van der Waals surface area contributed by atoms with Gasteiger partial charge in [-0.05, 0) is 61.5 Å². The lowest BCUT2D eigenvalue weighted by Gasteiger charge is -2.32. The fourth-order valence-corrected chi connectivity index (χ4v) is 3.14. The molecule has 1 saturated heterocycles. The van der Waals surface area contributed by atoms with Gasteiger partial charge >= 0.3 is 13.1 Å². The highest BCUT2D eigenvalue weighted by atomic mass is 16.7. The molecule has 7 nitrogen and oxygen atoms in total. The lowest BCUT2D eigenvalue weighted by atomic mass is 9.79. The SMILES string of the molecule is CC(C(=O)OC(C)(C)C)N1Cc2ncc(B3OC(C)(C)C(C)(C)O3)cc2C1=O. The fourth-order valence-electron chi connectivity index (χ4n) is 3.14. The highest BCUT2D eigenvalue weighted by Crippen LogP contribution is 2.36. The number of fused-ring (bicyclic) bond motifs is 1. The van der Waals surface area contributed by atoms with Crippen LogP contribution >= 0.6 is 0 Å². The normalized spacial score (nSPS) is 21.6. The molecule has 1 aromatic rings. The van der Waals surface area contributed by atoms with Crippen molar-refractivity contribution in [1.29, 1.82) is 0 Å². The zero-order valence-electron chi connectivity index (χ0n) is 18.0. The molecule has 0 radical (unpaired) electrons. The number of amides is 1. The molecule has 0 aromatic carbocycles. The largest absolute Gasteiger partial charge is 0.496 e. The molecule has 1 aromatic heterocycles. The Labute approximate surface area is 166 Å². The van der Waals surface area contributed by atoms with Crippen molar-refractivity contribution in [2.45, 2.75) is 84.8 Å². The van der Waals surface area contributed by atoms with Crippen LogP contribution in [0.3, 0.4) is 0 Å². The Morgan fingerprint density at radius 3 is 2.36 bits per heavy atom. The van der Waals surface area contributed by atoms with Crippen LogP contribution in [0.25, 0.3) is 0 Å². The lowest BCUT2D eigenvalue weighted by Crippen LogP contribution is -2.42. The van der Waals surface area contributed by atoms with Crippen molar-refractivity contribution in [3.8, 4) is 0 Å². The number of carbonyl (C=O) groups is 2. The maximum Gasteiger partial charge on any atom is 0.496 e. The average molecular weight is 388 g/mol. The van der Waals surface area contributed by atoms with Gasteiger partial charge in [0, 0.05) is 11.7 Å². The fraction of sp³-hybridized carbons (Fsp3) is 0.650. The van der Waals surface area contributed by atoms with Gasteiger partial charge < -0.3 is 18.9 Å². The van der Waals surface area contributed by atoms with E-state index in [0.717, 1.165) is 0 Å². The van der Waals surface area contributed by atoms with Crippen LogP contribution in [-0.4, -0.2) is 51.7 Å². The molecule has 1 amide bonds. The number of nitrogens with zero attached hydrogens (tertiary/aromatic N) is 2. The minimum Gasteiger partial charge on any atom is -0.458 e. The Kier molecular flexibility index (Phi) is 4.87. The van der Waals surface area contributed by atoms with Crippen LogP contribution in [0, 0.1) is 0 Å². The van der Waals surface area contributed by atoms with E-state index in [-0.39, 0.29) is 12.5 Å². The Morgan fingerprint density at radius 2 is 1.82 bits per heavy atom. The van der Waals surface area contributed by atoms with E-state index in [4.69, 9.17) is 14.0 Å². The molecule has 28 heavy (non-hydrogen) atoms. The van der Waals surface area contributed by atoms with E-state index in [0.29, 0.717) is 16.7 Å². The van der Waals surface area contributed by atoms with Crippen molar-refractivity contribution in [2.24, 2.45) is 0 Å². The van der Waals surface area contributed by atoms with Gasteiger partial charge in [0.2, 0.25) is 0 Å². The van der Waals surface area contributed by atoms with E-state index in [1.165, 1.54) is 4.90 Å². The predicted molar refractivity (Wildman–Crippen MR) is 105 cm³/mol. The molecular weight excluding hydrogens is 359 g/mol. The van der Waals surface area contributed by atoms with Crippen LogP contribution in [0.5, 0.6) is 0 Å². The Morgan fingerprint density at radius 1 is 1.25 bits per heavy atom. The van der Waals surface area contributed by atoms with Crippen LogP contribution in [0.15, 0.2) is 12.3 Å².